The zero-order valence-corrected chi connectivity index (χ0v) is 12.6. The molecule has 1 unspecified atom stereocenters. The molecule has 0 radical (unpaired) electrons. The predicted molar refractivity (Wildman–Crippen MR) is 79.3 cm³/mol. The molecule has 0 amide bonds. The molecule has 0 aliphatic rings. The third kappa shape index (κ3) is 5.54. The van der Waals surface area contributed by atoms with Gasteiger partial charge >= 0.3 is 0 Å². The monoisotopic (exact) mass is 284 g/mol. The minimum absolute atomic E-state index is 0.324. The lowest BCUT2D eigenvalue weighted by molar-refractivity contribution is 0.0615. The summed E-state index contributed by atoms with van der Waals surface area (Å²) in [5.74, 6) is 1.60. The smallest absolute Gasteiger partial charge is 0.231 e. The maximum Gasteiger partial charge on any atom is 0.231 e. The molecule has 0 fully saturated rings. The SMILES string of the molecule is CCNc1nc(NCCC(O)COC)nc(N(C)C)n1. The first-order chi connectivity index (χ1) is 9.56. The van der Waals surface area contributed by atoms with Crippen molar-refractivity contribution in [2.24, 2.45) is 0 Å². The van der Waals surface area contributed by atoms with Crippen LogP contribution in [-0.4, -0.2) is 67.1 Å². The van der Waals surface area contributed by atoms with Gasteiger partial charge in [-0.3, -0.25) is 0 Å². The molecular formula is C12H24N6O2. The lowest BCUT2D eigenvalue weighted by Gasteiger charge is -2.14. The molecule has 0 aliphatic carbocycles. The largest absolute Gasteiger partial charge is 0.391 e. The van der Waals surface area contributed by atoms with E-state index in [2.05, 4.69) is 25.6 Å². The maximum absolute atomic E-state index is 9.57. The van der Waals surface area contributed by atoms with Crippen molar-refractivity contribution in [1.29, 1.82) is 0 Å². The van der Waals surface area contributed by atoms with Crippen molar-refractivity contribution in [3.63, 3.8) is 0 Å². The van der Waals surface area contributed by atoms with Gasteiger partial charge < -0.3 is 25.4 Å². The normalized spacial score (nSPS) is 12.1. The standard InChI is InChI=1S/C12H24N6O2/c1-5-13-10-15-11(17-12(16-10)18(2)3)14-7-6-9(19)8-20-4/h9,19H,5-8H2,1-4H3,(H2,13,14,15,16,17). The number of aromatic nitrogens is 3. The third-order valence-electron chi connectivity index (χ3n) is 2.48. The Labute approximate surface area is 119 Å². The van der Waals surface area contributed by atoms with Crippen molar-refractivity contribution < 1.29 is 9.84 Å². The number of hydrogen-bond donors (Lipinski definition) is 3. The van der Waals surface area contributed by atoms with Crippen LogP contribution in [0.1, 0.15) is 13.3 Å². The molecule has 0 spiro atoms. The minimum Gasteiger partial charge on any atom is -0.391 e. The van der Waals surface area contributed by atoms with Crippen molar-refractivity contribution >= 4 is 17.8 Å². The fraction of sp³-hybridized carbons (Fsp3) is 0.750. The number of nitrogens with one attached hydrogen (secondary N) is 2. The van der Waals surface area contributed by atoms with Crippen LogP contribution in [-0.2, 0) is 4.74 Å². The van der Waals surface area contributed by atoms with Gasteiger partial charge in [0, 0.05) is 34.3 Å². The van der Waals surface area contributed by atoms with Crippen LogP contribution >= 0.6 is 0 Å². The van der Waals surface area contributed by atoms with Gasteiger partial charge in [0.05, 0.1) is 12.7 Å². The van der Waals surface area contributed by atoms with Crippen LogP contribution in [0.15, 0.2) is 0 Å². The Morgan fingerprint density at radius 1 is 1.20 bits per heavy atom. The molecule has 8 nitrogen and oxygen atoms in total. The molecule has 0 aromatic carbocycles. The molecule has 8 heteroatoms. The number of aliphatic hydroxyl groups is 1. The van der Waals surface area contributed by atoms with Crippen molar-refractivity contribution in [1.82, 2.24) is 15.0 Å². The minimum atomic E-state index is -0.490. The second-order valence-electron chi connectivity index (χ2n) is 4.53. The number of ether oxygens (including phenoxy) is 1. The van der Waals surface area contributed by atoms with E-state index in [1.807, 2.05) is 25.9 Å². The van der Waals surface area contributed by atoms with Crippen LogP contribution in [0, 0.1) is 0 Å². The van der Waals surface area contributed by atoms with Gasteiger partial charge in [-0.15, -0.1) is 0 Å². The average molecular weight is 284 g/mol. The van der Waals surface area contributed by atoms with Crippen molar-refractivity contribution in [3.05, 3.63) is 0 Å². The summed E-state index contributed by atoms with van der Waals surface area (Å²) in [6, 6.07) is 0. The third-order valence-corrected chi connectivity index (χ3v) is 2.48. The quantitative estimate of drug-likeness (QED) is 0.591. The highest BCUT2D eigenvalue weighted by molar-refractivity contribution is 5.42. The fourth-order valence-electron chi connectivity index (χ4n) is 1.51. The summed E-state index contributed by atoms with van der Waals surface area (Å²) in [4.78, 5) is 14.7. The molecule has 1 rings (SSSR count). The van der Waals surface area contributed by atoms with E-state index in [1.165, 1.54) is 0 Å². The Morgan fingerprint density at radius 3 is 2.40 bits per heavy atom. The Kier molecular flexibility index (Phi) is 6.96. The van der Waals surface area contributed by atoms with E-state index in [0.29, 0.717) is 37.4 Å². The summed E-state index contributed by atoms with van der Waals surface area (Å²) >= 11 is 0. The highest BCUT2D eigenvalue weighted by atomic mass is 16.5. The molecule has 0 aliphatic heterocycles. The molecule has 0 saturated carbocycles. The summed E-state index contributed by atoms with van der Waals surface area (Å²) in [6.45, 7) is 3.60. The van der Waals surface area contributed by atoms with Gasteiger partial charge in [0.2, 0.25) is 17.8 Å². The Bertz CT molecular complexity index is 402. The number of methoxy groups -OCH3 is 1. The zero-order chi connectivity index (χ0) is 15.0. The number of hydrogen-bond acceptors (Lipinski definition) is 8. The van der Waals surface area contributed by atoms with E-state index in [0.717, 1.165) is 6.54 Å². The summed E-state index contributed by atoms with van der Waals surface area (Å²) in [7, 11) is 5.31. The van der Waals surface area contributed by atoms with Crippen LogP contribution in [0.4, 0.5) is 17.8 Å². The number of anilines is 3. The highest BCUT2D eigenvalue weighted by Gasteiger charge is 2.08. The van der Waals surface area contributed by atoms with Crippen LogP contribution in [0.5, 0.6) is 0 Å². The first-order valence-corrected chi connectivity index (χ1v) is 6.65. The van der Waals surface area contributed by atoms with Crippen LogP contribution in [0.2, 0.25) is 0 Å². The average Bonchev–Trinajstić information content (AvgIpc) is 2.39. The van der Waals surface area contributed by atoms with E-state index < -0.39 is 6.10 Å². The first-order valence-electron chi connectivity index (χ1n) is 6.65. The zero-order valence-electron chi connectivity index (χ0n) is 12.6. The second kappa shape index (κ2) is 8.49. The van der Waals surface area contributed by atoms with Gasteiger partial charge in [-0.2, -0.15) is 15.0 Å². The van der Waals surface area contributed by atoms with Crippen molar-refractivity contribution in [3.8, 4) is 0 Å². The molecule has 3 N–H and O–H groups in total. The van der Waals surface area contributed by atoms with Gasteiger partial charge in [0.1, 0.15) is 0 Å². The van der Waals surface area contributed by atoms with E-state index >= 15 is 0 Å². The topological polar surface area (TPSA) is 95.4 Å². The van der Waals surface area contributed by atoms with E-state index in [9.17, 15) is 5.11 Å². The van der Waals surface area contributed by atoms with Crippen LogP contribution in [0.3, 0.4) is 0 Å². The molecule has 1 atom stereocenters. The van der Waals surface area contributed by atoms with Gasteiger partial charge in [-0.25, -0.2) is 0 Å². The molecular weight excluding hydrogens is 260 g/mol. The fourth-order valence-corrected chi connectivity index (χ4v) is 1.51. The molecule has 0 bridgehead atoms. The lowest BCUT2D eigenvalue weighted by Crippen LogP contribution is -2.20. The summed E-state index contributed by atoms with van der Waals surface area (Å²) in [5, 5.41) is 15.7. The molecule has 20 heavy (non-hydrogen) atoms. The predicted octanol–water partition coefficient (Wildman–Crippen LogP) is 0.179. The molecule has 0 saturated heterocycles. The van der Waals surface area contributed by atoms with E-state index in [1.54, 1.807) is 7.11 Å². The number of rotatable bonds is 9. The summed E-state index contributed by atoms with van der Waals surface area (Å²) in [5.41, 5.74) is 0. The van der Waals surface area contributed by atoms with Gasteiger partial charge in [-0.1, -0.05) is 0 Å². The lowest BCUT2D eigenvalue weighted by atomic mass is 10.3. The summed E-state index contributed by atoms with van der Waals surface area (Å²) < 4.78 is 4.87. The Balaban J connectivity index is 2.63. The second-order valence-corrected chi connectivity index (χ2v) is 4.53. The van der Waals surface area contributed by atoms with Crippen LogP contribution < -0.4 is 15.5 Å². The van der Waals surface area contributed by atoms with Crippen LogP contribution in [0.25, 0.3) is 0 Å². The van der Waals surface area contributed by atoms with Crippen molar-refractivity contribution in [2.75, 3.05) is 56.4 Å². The molecule has 1 aromatic heterocycles. The van der Waals surface area contributed by atoms with E-state index in [4.69, 9.17) is 4.74 Å². The molecule has 1 aromatic rings. The Hall–Kier alpha value is -1.67. The Morgan fingerprint density at radius 2 is 1.85 bits per heavy atom. The number of nitrogens with zero attached hydrogens (tertiary/aromatic N) is 4. The summed E-state index contributed by atoms with van der Waals surface area (Å²) in [6.07, 6.45) is 0.0729. The maximum atomic E-state index is 9.57. The van der Waals surface area contributed by atoms with Gasteiger partial charge in [-0.05, 0) is 13.3 Å². The number of aliphatic hydroxyl groups excluding tert-OH is 1. The molecule has 1 heterocycles. The van der Waals surface area contributed by atoms with E-state index in [-0.39, 0.29) is 0 Å². The first kappa shape index (κ1) is 16.4. The highest BCUT2D eigenvalue weighted by Crippen LogP contribution is 2.11. The molecule has 114 valence electrons. The van der Waals surface area contributed by atoms with Crippen molar-refractivity contribution in [2.45, 2.75) is 19.4 Å². The van der Waals surface area contributed by atoms with Gasteiger partial charge in [0.25, 0.3) is 0 Å². The van der Waals surface area contributed by atoms with Gasteiger partial charge in [0.15, 0.2) is 0 Å².